The van der Waals surface area contributed by atoms with Gasteiger partial charge in [-0.1, -0.05) is 13.0 Å². The third kappa shape index (κ3) is 19.5. The summed E-state index contributed by atoms with van der Waals surface area (Å²) in [6, 6.07) is 0. The molecule has 0 aliphatic carbocycles. The smallest absolute Gasteiger partial charge is 0.330 e. The fourth-order valence-electron chi connectivity index (χ4n) is 0.802. The van der Waals surface area contributed by atoms with Crippen LogP contribution in [0.2, 0.25) is 0 Å². The molecule has 3 N–H and O–H groups in total. The van der Waals surface area contributed by atoms with Gasteiger partial charge < -0.3 is 15.5 Å². The molecule has 1 fully saturated rings. The number of rotatable bonds is 1. The molecule has 1 heterocycles. The first-order valence-corrected chi connectivity index (χ1v) is 5.26. The van der Waals surface area contributed by atoms with Gasteiger partial charge in [-0.25, -0.2) is 4.79 Å². The highest BCUT2D eigenvalue weighted by Gasteiger charge is 1.93. The van der Waals surface area contributed by atoms with E-state index >= 15 is 0 Å². The summed E-state index contributed by atoms with van der Waals surface area (Å²) in [6.45, 7) is 9.03. The summed E-state index contributed by atoms with van der Waals surface area (Å²) >= 11 is 0. The molecule has 4 heteroatoms. The SMILES string of the molecule is C1CCNCC1.C=C(C)C(=O)O.CCO. The number of hydrogen-bond donors (Lipinski definition) is 3. The number of piperidine rings is 1. The largest absolute Gasteiger partial charge is 0.478 e. The minimum atomic E-state index is -0.935. The van der Waals surface area contributed by atoms with Crippen LogP contribution in [0.5, 0.6) is 0 Å². The van der Waals surface area contributed by atoms with Gasteiger partial charge in [-0.3, -0.25) is 0 Å². The molecule has 0 aromatic carbocycles. The Kier molecular flexibility index (Phi) is 14.5. The Bertz CT molecular complexity index is 142. The van der Waals surface area contributed by atoms with Crippen molar-refractivity contribution in [2.45, 2.75) is 33.1 Å². The third-order valence-electron chi connectivity index (χ3n) is 1.57. The van der Waals surface area contributed by atoms with Crippen LogP contribution in [0.1, 0.15) is 33.1 Å². The van der Waals surface area contributed by atoms with Crippen LogP contribution in [0, 0.1) is 0 Å². The van der Waals surface area contributed by atoms with Gasteiger partial charge in [0.1, 0.15) is 0 Å². The first kappa shape index (κ1) is 16.6. The molecule has 1 saturated heterocycles. The van der Waals surface area contributed by atoms with Crippen molar-refractivity contribution in [2.75, 3.05) is 19.7 Å². The molecule has 0 amide bonds. The van der Waals surface area contributed by atoms with E-state index in [2.05, 4.69) is 11.9 Å². The van der Waals surface area contributed by atoms with Gasteiger partial charge in [-0.2, -0.15) is 0 Å². The van der Waals surface area contributed by atoms with Gasteiger partial charge in [-0.05, 0) is 39.8 Å². The minimum Gasteiger partial charge on any atom is -0.478 e. The van der Waals surface area contributed by atoms with Gasteiger partial charge in [-0.15, -0.1) is 0 Å². The van der Waals surface area contributed by atoms with Crippen molar-refractivity contribution < 1.29 is 15.0 Å². The molecule has 1 rings (SSSR count). The first-order valence-electron chi connectivity index (χ1n) is 5.26. The van der Waals surface area contributed by atoms with Gasteiger partial charge in [0, 0.05) is 12.2 Å². The molecule has 15 heavy (non-hydrogen) atoms. The summed E-state index contributed by atoms with van der Waals surface area (Å²) in [4.78, 5) is 9.60. The highest BCUT2D eigenvalue weighted by atomic mass is 16.4. The van der Waals surface area contributed by atoms with E-state index in [4.69, 9.17) is 10.2 Å². The third-order valence-corrected chi connectivity index (χ3v) is 1.57. The van der Waals surface area contributed by atoms with Crippen molar-refractivity contribution in [1.82, 2.24) is 5.32 Å². The lowest BCUT2D eigenvalue weighted by atomic mass is 10.2. The standard InChI is InChI=1S/C5H11N.C4H6O2.C2H6O/c1-2-4-6-5-3-1;1-3(2)4(5)6;1-2-3/h6H,1-5H2;1H2,2H3,(H,5,6);3H,2H2,1H3. The summed E-state index contributed by atoms with van der Waals surface area (Å²) in [5, 5.41) is 18.7. The molecule has 0 unspecified atom stereocenters. The second-order valence-corrected chi connectivity index (χ2v) is 3.21. The normalized spacial score (nSPS) is 13.8. The van der Waals surface area contributed by atoms with Crippen LogP contribution >= 0.6 is 0 Å². The Morgan fingerprint density at radius 3 is 1.73 bits per heavy atom. The molecule has 1 aliphatic rings. The molecular weight excluding hydrogens is 194 g/mol. The average Bonchev–Trinajstić information content (AvgIpc) is 2.22. The zero-order valence-electron chi connectivity index (χ0n) is 9.75. The summed E-state index contributed by atoms with van der Waals surface area (Å²) in [7, 11) is 0. The Hall–Kier alpha value is -0.870. The monoisotopic (exact) mass is 217 g/mol. The highest BCUT2D eigenvalue weighted by Crippen LogP contribution is 1.96. The molecule has 1 aliphatic heterocycles. The predicted molar refractivity (Wildman–Crippen MR) is 61.9 cm³/mol. The van der Waals surface area contributed by atoms with Crippen LogP contribution in [0.4, 0.5) is 0 Å². The van der Waals surface area contributed by atoms with Crippen LogP contribution in [-0.4, -0.2) is 35.9 Å². The molecule has 0 spiro atoms. The van der Waals surface area contributed by atoms with Gasteiger partial charge in [0.05, 0.1) is 0 Å². The maximum Gasteiger partial charge on any atom is 0.330 e. The topological polar surface area (TPSA) is 69.6 Å². The number of carboxylic acid groups (broad SMARTS) is 1. The summed E-state index contributed by atoms with van der Waals surface area (Å²) in [5.41, 5.74) is 0.176. The number of carbonyl (C=O) groups is 1. The maximum absolute atomic E-state index is 9.60. The summed E-state index contributed by atoms with van der Waals surface area (Å²) in [5.74, 6) is -0.935. The number of nitrogens with one attached hydrogen (secondary N) is 1. The number of aliphatic hydroxyl groups is 1. The molecule has 0 bridgehead atoms. The van der Waals surface area contributed by atoms with Crippen molar-refractivity contribution in [3.05, 3.63) is 12.2 Å². The lowest BCUT2D eigenvalue weighted by Gasteiger charge is -2.08. The summed E-state index contributed by atoms with van der Waals surface area (Å²) in [6.07, 6.45) is 4.22. The van der Waals surface area contributed by atoms with E-state index in [1.807, 2.05) is 0 Å². The van der Waals surface area contributed by atoms with Crippen molar-refractivity contribution in [3.8, 4) is 0 Å². The van der Waals surface area contributed by atoms with Crippen molar-refractivity contribution in [3.63, 3.8) is 0 Å². The Balaban J connectivity index is 0. The Morgan fingerprint density at radius 1 is 1.33 bits per heavy atom. The van der Waals surface area contributed by atoms with E-state index in [1.54, 1.807) is 6.92 Å². The molecule has 90 valence electrons. The molecule has 0 atom stereocenters. The minimum absolute atomic E-state index is 0.176. The Labute approximate surface area is 92.0 Å². The zero-order chi connectivity index (χ0) is 12.1. The molecule has 0 radical (unpaired) electrons. The van der Waals surface area contributed by atoms with Crippen molar-refractivity contribution in [1.29, 1.82) is 0 Å². The highest BCUT2D eigenvalue weighted by molar-refractivity contribution is 5.84. The fourth-order valence-corrected chi connectivity index (χ4v) is 0.802. The van der Waals surface area contributed by atoms with Crippen LogP contribution < -0.4 is 5.32 Å². The van der Waals surface area contributed by atoms with Gasteiger partial charge in [0.15, 0.2) is 0 Å². The molecule has 0 aromatic rings. The van der Waals surface area contributed by atoms with Crippen molar-refractivity contribution in [2.24, 2.45) is 0 Å². The summed E-state index contributed by atoms with van der Waals surface area (Å²) < 4.78 is 0. The van der Waals surface area contributed by atoms with E-state index in [-0.39, 0.29) is 12.2 Å². The first-order chi connectivity index (χ1) is 7.06. The fraction of sp³-hybridized carbons (Fsp3) is 0.727. The molecule has 0 saturated carbocycles. The van der Waals surface area contributed by atoms with E-state index in [1.165, 1.54) is 39.3 Å². The van der Waals surface area contributed by atoms with Gasteiger partial charge >= 0.3 is 5.97 Å². The van der Waals surface area contributed by atoms with Crippen molar-refractivity contribution >= 4 is 5.97 Å². The van der Waals surface area contributed by atoms with Gasteiger partial charge in [0.25, 0.3) is 0 Å². The average molecular weight is 217 g/mol. The number of carboxylic acids is 1. The van der Waals surface area contributed by atoms with E-state index in [9.17, 15) is 4.79 Å². The van der Waals surface area contributed by atoms with Gasteiger partial charge in [0.2, 0.25) is 0 Å². The quantitative estimate of drug-likeness (QED) is 0.581. The second-order valence-electron chi connectivity index (χ2n) is 3.21. The van der Waals surface area contributed by atoms with Crippen LogP contribution in [-0.2, 0) is 4.79 Å². The predicted octanol–water partition coefficient (Wildman–Crippen LogP) is 1.41. The van der Waals surface area contributed by atoms with E-state index in [0.717, 1.165) is 0 Å². The van der Waals surface area contributed by atoms with Crippen LogP contribution in [0.3, 0.4) is 0 Å². The number of hydrogen-bond acceptors (Lipinski definition) is 3. The van der Waals surface area contributed by atoms with E-state index in [0.29, 0.717) is 0 Å². The number of aliphatic hydroxyl groups excluding tert-OH is 1. The van der Waals surface area contributed by atoms with Crippen LogP contribution in [0.15, 0.2) is 12.2 Å². The molecule has 4 nitrogen and oxygen atoms in total. The lowest BCUT2D eigenvalue weighted by molar-refractivity contribution is -0.132. The lowest BCUT2D eigenvalue weighted by Crippen LogP contribution is -2.21. The van der Waals surface area contributed by atoms with Crippen LogP contribution in [0.25, 0.3) is 0 Å². The molecular formula is C11H23NO3. The zero-order valence-corrected chi connectivity index (χ0v) is 9.75. The van der Waals surface area contributed by atoms with E-state index < -0.39 is 5.97 Å². The number of aliphatic carboxylic acids is 1. The second kappa shape index (κ2) is 13.1. The maximum atomic E-state index is 9.60. The Morgan fingerprint density at radius 2 is 1.67 bits per heavy atom. The molecule has 0 aromatic heterocycles.